The third-order valence-electron chi connectivity index (χ3n) is 12.4. The Hall–Kier alpha value is -8.20. The van der Waals surface area contributed by atoms with Gasteiger partial charge in [-0.25, -0.2) is 0 Å². The molecule has 0 aliphatic rings. The number of hydrogen-bond donors (Lipinski definition) is 0. The second-order valence-electron chi connectivity index (χ2n) is 16.1. The summed E-state index contributed by atoms with van der Waals surface area (Å²) in [5.41, 5.74) is 14.1. The molecule has 290 valence electrons. The van der Waals surface area contributed by atoms with Gasteiger partial charge in [0, 0.05) is 27.7 Å². The number of anilines is 3. The van der Waals surface area contributed by atoms with E-state index >= 15 is 0 Å². The maximum Gasteiger partial charge on any atom is 0.159 e. The Morgan fingerprint density at radius 2 is 0.742 bits per heavy atom. The molecule has 2 nitrogen and oxygen atoms in total. The summed E-state index contributed by atoms with van der Waals surface area (Å²) in [5.74, 6) is 0. The van der Waals surface area contributed by atoms with Crippen LogP contribution in [-0.2, 0) is 0 Å². The summed E-state index contributed by atoms with van der Waals surface area (Å²) in [5, 5.41) is 9.50. The van der Waals surface area contributed by atoms with Crippen LogP contribution >= 0.6 is 0 Å². The van der Waals surface area contributed by atoms with Crippen LogP contribution in [0, 0.1) is 0 Å². The van der Waals surface area contributed by atoms with Crippen molar-refractivity contribution in [3.05, 3.63) is 237 Å². The second kappa shape index (κ2) is 14.8. The van der Waals surface area contributed by atoms with Crippen LogP contribution in [0.3, 0.4) is 0 Å². The smallest absolute Gasteiger partial charge is 0.159 e. The monoisotopic (exact) mass is 789 g/mol. The van der Waals surface area contributed by atoms with Crippen molar-refractivity contribution >= 4 is 71.3 Å². The summed E-state index contributed by atoms with van der Waals surface area (Å²) < 4.78 is 7.18. The molecule has 0 saturated carbocycles. The van der Waals surface area contributed by atoms with E-state index in [1.807, 2.05) is 0 Å². The average molecular weight is 790 g/mol. The van der Waals surface area contributed by atoms with E-state index in [1.54, 1.807) is 0 Å². The van der Waals surface area contributed by atoms with Gasteiger partial charge in [0.15, 0.2) is 5.58 Å². The molecule has 1 aromatic heterocycles. The Bertz CT molecular complexity index is 3610. The molecule has 62 heavy (non-hydrogen) atoms. The molecular formula is C60H39NO. The van der Waals surface area contributed by atoms with Gasteiger partial charge in [0.25, 0.3) is 0 Å². The summed E-state index contributed by atoms with van der Waals surface area (Å²) in [6, 6.07) is 85.3. The molecule has 2 heteroatoms. The van der Waals surface area contributed by atoms with Crippen LogP contribution < -0.4 is 4.90 Å². The molecule has 0 N–H and O–H groups in total. The van der Waals surface area contributed by atoms with Crippen molar-refractivity contribution in [2.24, 2.45) is 0 Å². The van der Waals surface area contributed by atoms with Gasteiger partial charge in [-0.1, -0.05) is 182 Å². The third-order valence-corrected chi connectivity index (χ3v) is 12.4. The van der Waals surface area contributed by atoms with Gasteiger partial charge in [0.05, 0.1) is 5.69 Å². The number of furan rings is 1. The van der Waals surface area contributed by atoms with Crippen LogP contribution in [0.25, 0.3) is 98.8 Å². The fourth-order valence-electron chi connectivity index (χ4n) is 9.37. The van der Waals surface area contributed by atoms with E-state index in [-0.39, 0.29) is 0 Å². The molecule has 0 saturated heterocycles. The average Bonchev–Trinajstić information content (AvgIpc) is 3.75. The Morgan fingerprint density at radius 1 is 0.274 bits per heavy atom. The number of nitrogens with zero attached hydrogens (tertiary/aromatic N) is 1. The third kappa shape index (κ3) is 6.12. The van der Waals surface area contributed by atoms with Gasteiger partial charge in [-0.05, 0) is 126 Å². The zero-order valence-corrected chi connectivity index (χ0v) is 33.9. The molecule has 0 bridgehead atoms. The van der Waals surface area contributed by atoms with Gasteiger partial charge in [-0.2, -0.15) is 0 Å². The van der Waals surface area contributed by atoms with Crippen LogP contribution in [0.15, 0.2) is 241 Å². The number of fused-ring (bicyclic) bond motifs is 7. The topological polar surface area (TPSA) is 16.4 Å². The number of rotatable bonds is 7. The Kier molecular flexibility index (Phi) is 8.53. The standard InChI is InChI=1S/C60H39NO/c1-3-14-40(15-4-1)42-28-32-50(33-29-42)61(57-25-13-24-53-58-52-23-12-11-22-48(52)39-56(60(58)62-59(53)57)43-17-5-2-6-18-43)51-34-30-44(31-35-51)54-37-46-20-9-10-21-47(46)38-55(54)49-27-26-41-16-7-8-19-45(41)36-49/h1-39H. The van der Waals surface area contributed by atoms with E-state index in [0.717, 1.165) is 55.7 Å². The summed E-state index contributed by atoms with van der Waals surface area (Å²) in [4.78, 5) is 2.35. The predicted octanol–water partition coefficient (Wildman–Crippen LogP) is 17.2. The molecule has 0 unspecified atom stereocenters. The second-order valence-corrected chi connectivity index (χ2v) is 16.1. The molecule has 0 amide bonds. The highest BCUT2D eigenvalue weighted by molar-refractivity contribution is 6.24. The molecule has 0 fully saturated rings. The largest absolute Gasteiger partial charge is 0.453 e. The molecular weight excluding hydrogens is 751 g/mol. The van der Waals surface area contributed by atoms with Crippen molar-refractivity contribution in [2.45, 2.75) is 0 Å². The van der Waals surface area contributed by atoms with Crippen LogP contribution in [0.2, 0.25) is 0 Å². The minimum atomic E-state index is 0.848. The molecule has 0 spiro atoms. The van der Waals surface area contributed by atoms with Crippen molar-refractivity contribution < 1.29 is 4.42 Å². The van der Waals surface area contributed by atoms with Crippen molar-refractivity contribution in [2.75, 3.05) is 4.90 Å². The lowest BCUT2D eigenvalue weighted by atomic mass is 9.90. The highest BCUT2D eigenvalue weighted by Crippen LogP contribution is 2.47. The molecule has 11 aromatic carbocycles. The molecule has 1 heterocycles. The van der Waals surface area contributed by atoms with Crippen molar-refractivity contribution in [1.29, 1.82) is 0 Å². The van der Waals surface area contributed by atoms with Crippen molar-refractivity contribution in [3.8, 4) is 44.5 Å². The van der Waals surface area contributed by atoms with Crippen molar-refractivity contribution in [1.82, 2.24) is 0 Å². The normalized spacial score (nSPS) is 11.5. The van der Waals surface area contributed by atoms with E-state index in [1.165, 1.54) is 60.1 Å². The van der Waals surface area contributed by atoms with Gasteiger partial charge in [-0.15, -0.1) is 0 Å². The van der Waals surface area contributed by atoms with E-state index in [2.05, 4.69) is 241 Å². The van der Waals surface area contributed by atoms with Gasteiger partial charge in [0.2, 0.25) is 0 Å². The summed E-state index contributed by atoms with van der Waals surface area (Å²) in [6.07, 6.45) is 0. The Labute approximate surface area is 360 Å². The van der Waals surface area contributed by atoms with Gasteiger partial charge >= 0.3 is 0 Å². The number of hydrogen-bond acceptors (Lipinski definition) is 2. The van der Waals surface area contributed by atoms with Gasteiger partial charge in [-0.3, -0.25) is 0 Å². The Balaban J connectivity index is 1.05. The summed E-state index contributed by atoms with van der Waals surface area (Å²) in [6.45, 7) is 0. The lowest BCUT2D eigenvalue weighted by molar-refractivity contribution is 0.670. The molecule has 12 rings (SSSR count). The van der Waals surface area contributed by atoms with Crippen LogP contribution in [0.4, 0.5) is 17.1 Å². The highest BCUT2D eigenvalue weighted by atomic mass is 16.3. The minimum Gasteiger partial charge on any atom is -0.453 e. The zero-order chi connectivity index (χ0) is 41.0. The first-order chi connectivity index (χ1) is 30.7. The first kappa shape index (κ1) is 35.7. The summed E-state index contributed by atoms with van der Waals surface area (Å²) >= 11 is 0. The fraction of sp³-hybridized carbons (Fsp3) is 0. The molecule has 0 aliphatic heterocycles. The quantitative estimate of drug-likeness (QED) is 0.160. The maximum absolute atomic E-state index is 7.18. The minimum absolute atomic E-state index is 0.848. The van der Waals surface area contributed by atoms with Crippen LogP contribution in [0.5, 0.6) is 0 Å². The predicted molar refractivity (Wildman–Crippen MR) is 263 cm³/mol. The van der Waals surface area contributed by atoms with Gasteiger partial charge < -0.3 is 9.32 Å². The van der Waals surface area contributed by atoms with Crippen molar-refractivity contribution in [3.63, 3.8) is 0 Å². The van der Waals surface area contributed by atoms with E-state index in [9.17, 15) is 0 Å². The zero-order valence-electron chi connectivity index (χ0n) is 33.9. The lowest BCUT2D eigenvalue weighted by Gasteiger charge is -2.26. The van der Waals surface area contributed by atoms with Crippen LogP contribution in [0.1, 0.15) is 0 Å². The number of benzene rings is 11. The molecule has 0 atom stereocenters. The Morgan fingerprint density at radius 3 is 1.42 bits per heavy atom. The fourth-order valence-corrected chi connectivity index (χ4v) is 9.37. The van der Waals surface area contributed by atoms with Gasteiger partial charge in [0.1, 0.15) is 5.58 Å². The molecule has 0 aliphatic carbocycles. The molecule has 0 radical (unpaired) electrons. The maximum atomic E-state index is 7.18. The summed E-state index contributed by atoms with van der Waals surface area (Å²) in [7, 11) is 0. The lowest BCUT2D eigenvalue weighted by Crippen LogP contribution is -2.10. The number of para-hydroxylation sites is 1. The van der Waals surface area contributed by atoms with E-state index in [0.29, 0.717) is 0 Å². The van der Waals surface area contributed by atoms with E-state index in [4.69, 9.17) is 4.42 Å². The first-order valence-corrected chi connectivity index (χ1v) is 21.2. The van der Waals surface area contributed by atoms with Crippen LogP contribution in [-0.4, -0.2) is 0 Å². The SMILES string of the molecule is c1ccc(-c2ccc(N(c3ccc(-c4cc5ccccc5cc4-c4ccc5ccccc5c4)cc3)c3cccc4c3oc3c(-c5ccccc5)cc5ccccc5c34)cc2)cc1. The first-order valence-electron chi connectivity index (χ1n) is 21.2. The van der Waals surface area contributed by atoms with E-state index < -0.39 is 0 Å². The highest BCUT2D eigenvalue weighted by Gasteiger charge is 2.23. The molecule has 12 aromatic rings.